The Balaban J connectivity index is 1.33. The second-order valence-corrected chi connectivity index (χ2v) is 8.90. The SMILES string of the molecule is CCN(CCOC)c1nccc2oc(-c3cnc4ccc(OC5Cc6ccccc6C5N)nn34)cc12. The predicted octanol–water partition coefficient (Wildman–Crippen LogP) is 4.01. The zero-order valence-electron chi connectivity index (χ0n) is 20.3. The fourth-order valence-electron chi connectivity index (χ4n) is 4.89. The zero-order valence-corrected chi connectivity index (χ0v) is 20.3. The van der Waals surface area contributed by atoms with Crippen molar-refractivity contribution in [3.05, 3.63) is 72.1 Å². The first-order valence-corrected chi connectivity index (χ1v) is 12.1. The Morgan fingerprint density at radius 1 is 1.17 bits per heavy atom. The fraction of sp³-hybridized carbons (Fsp3) is 0.296. The molecule has 36 heavy (non-hydrogen) atoms. The van der Waals surface area contributed by atoms with Crippen LogP contribution in [0.3, 0.4) is 0 Å². The molecular formula is C27H28N6O3. The smallest absolute Gasteiger partial charge is 0.232 e. The number of hydrogen-bond donors (Lipinski definition) is 1. The van der Waals surface area contributed by atoms with Gasteiger partial charge in [-0.15, -0.1) is 5.10 Å². The summed E-state index contributed by atoms with van der Waals surface area (Å²) in [7, 11) is 1.70. The maximum atomic E-state index is 6.47. The maximum Gasteiger partial charge on any atom is 0.232 e. The average Bonchev–Trinajstić information content (AvgIpc) is 3.60. The molecule has 5 aromatic rings. The van der Waals surface area contributed by atoms with Gasteiger partial charge in [-0.05, 0) is 36.2 Å². The minimum atomic E-state index is -0.193. The zero-order chi connectivity index (χ0) is 24.6. The molecule has 4 aromatic heterocycles. The van der Waals surface area contributed by atoms with E-state index in [2.05, 4.69) is 33.9 Å². The molecule has 2 N–H and O–H groups in total. The van der Waals surface area contributed by atoms with Gasteiger partial charge in [0.2, 0.25) is 5.88 Å². The van der Waals surface area contributed by atoms with Gasteiger partial charge in [0.1, 0.15) is 23.2 Å². The highest BCUT2D eigenvalue weighted by Gasteiger charge is 2.31. The Kier molecular flexibility index (Phi) is 5.79. The van der Waals surface area contributed by atoms with E-state index in [1.54, 1.807) is 24.0 Å². The molecule has 1 aliphatic carbocycles. The highest BCUT2D eigenvalue weighted by atomic mass is 16.5. The van der Waals surface area contributed by atoms with Crippen LogP contribution in [0.2, 0.25) is 0 Å². The van der Waals surface area contributed by atoms with Crippen molar-refractivity contribution in [2.45, 2.75) is 25.5 Å². The highest BCUT2D eigenvalue weighted by molar-refractivity contribution is 5.91. The van der Waals surface area contributed by atoms with Crippen LogP contribution in [0, 0.1) is 0 Å². The average molecular weight is 485 g/mol. The molecule has 0 aliphatic heterocycles. The summed E-state index contributed by atoms with van der Waals surface area (Å²) in [4.78, 5) is 11.3. The van der Waals surface area contributed by atoms with Crippen molar-refractivity contribution in [3.8, 4) is 17.3 Å². The summed E-state index contributed by atoms with van der Waals surface area (Å²) in [5.74, 6) is 2.01. The fourth-order valence-corrected chi connectivity index (χ4v) is 4.89. The molecule has 9 nitrogen and oxygen atoms in total. The van der Waals surface area contributed by atoms with E-state index in [4.69, 9.17) is 24.7 Å². The van der Waals surface area contributed by atoms with E-state index in [9.17, 15) is 0 Å². The van der Waals surface area contributed by atoms with Gasteiger partial charge in [-0.1, -0.05) is 24.3 Å². The number of likely N-dealkylation sites (N-methyl/N-ethyl adjacent to an activating group) is 1. The lowest BCUT2D eigenvalue weighted by Gasteiger charge is -2.21. The Bertz CT molecular complexity index is 1530. The number of anilines is 1. The first-order valence-electron chi connectivity index (χ1n) is 12.1. The van der Waals surface area contributed by atoms with Crippen molar-refractivity contribution in [2.75, 3.05) is 31.7 Å². The Morgan fingerprint density at radius 3 is 2.89 bits per heavy atom. The van der Waals surface area contributed by atoms with Crippen molar-refractivity contribution >= 4 is 22.4 Å². The van der Waals surface area contributed by atoms with Crippen molar-refractivity contribution in [2.24, 2.45) is 5.73 Å². The Labute approximate surface area is 208 Å². The van der Waals surface area contributed by atoms with E-state index in [1.807, 2.05) is 36.4 Å². The number of nitrogens with zero attached hydrogens (tertiary/aromatic N) is 5. The van der Waals surface area contributed by atoms with Crippen LogP contribution < -0.4 is 15.4 Å². The highest BCUT2D eigenvalue weighted by Crippen LogP contribution is 2.34. The lowest BCUT2D eigenvalue weighted by molar-refractivity contribution is 0.175. The number of rotatable bonds is 8. The first kappa shape index (κ1) is 22.5. The Hall–Kier alpha value is -3.95. The number of fused-ring (bicyclic) bond motifs is 3. The van der Waals surface area contributed by atoms with Crippen LogP contribution in [0.1, 0.15) is 24.1 Å². The largest absolute Gasteiger partial charge is 0.471 e. The lowest BCUT2D eigenvalue weighted by atomic mass is 10.1. The molecule has 0 saturated carbocycles. The van der Waals surface area contributed by atoms with Crippen molar-refractivity contribution in [1.82, 2.24) is 19.6 Å². The standard InChI is InChI=1S/C27H28N6O3/c1-3-32(12-13-34-2)27-19-15-22(35-21(19)10-11-29-27)20-16-30-24-8-9-25(31-33(20)24)36-23-14-17-6-4-5-7-18(17)26(23)28/h4-11,15-16,23,26H,3,12-14,28H2,1-2H3. The van der Waals surface area contributed by atoms with Crippen LogP contribution >= 0.6 is 0 Å². The molecule has 0 fully saturated rings. The number of hydrogen-bond acceptors (Lipinski definition) is 8. The van der Waals surface area contributed by atoms with Gasteiger partial charge in [0.05, 0.1) is 24.2 Å². The first-order chi connectivity index (χ1) is 17.7. The van der Waals surface area contributed by atoms with Crippen molar-refractivity contribution in [3.63, 3.8) is 0 Å². The monoisotopic (exact) mass is 484 g/mol. The van der Waals surface area contributed by atoms with E-state index >= 15 is 0 Å². The van der Waals surface area contributed by atoms with Gasteiger partial charge in [0.15, 0.2) is 11.4 Å². The third-order valence-electron chi connectivity index (χ3n) is 6.77. The molecule has 0 spiro atoms. The number of nitrogens with two attached hydrogens (primary N) is 1. The van der Waals surface area contributed by atoms with Gasteiger partial charge >= 0.3 is 0 Å². The lowest BCUT2D eigenvalue weighted by Crippen LogP contribution is -2.28. The number of methoxy groups -OCH3 is 1. The minimum absolute atomic E-state index is 0.175. The summed E-state index contributed by atoms with van der Waals surface area (Å²) in [6.07, 6.45) is 4.11. The molecule has 2 unspecified atom stereocenters. The second-order valence-electron chi connectivity index (χ2n) is 8.90. The number of furan rings is 1. The molecular weight excluding hydrogens is 456 g/mol. The van der Waals surface area contributed by atoms with E-state index in [1.165, 1.54) is 5.56 Å². The van der Waals surface area contributed by atoms with Gasteiger partial charge in [-0.25, -0.2) is 14.5 Å². The summed E-state index contributed by atoms with van der Waals surface area (Å²) < 4.78 is 19.5. The van der Waals surface area contributed by atoms with E-state index in [0.717, 1.165) is 47.6 Å². The predicted molar refractivity (Wildman–Crippen MR) is 137 cm³/mol. The van der Waals surface area contributed by atoms with Gasteiger partial charge in [0, 0.05) is 38.9 Å². The van der Waals surface area contributed by atoms with Crippen molar-refractivity contribution in [1.29, 1.82) is 0 Å². The number of imidazole rings is 1. The van der Waals surface area contributed by atoms with Crippen LogP contribution in [0.15, 0.2) is 65.3 Å². The second kappa shape index (κ2) is 9.25. The van der Waals surface area contributed by atoms with Crippen LogP contribution in [0.25, 0.3) is 28.1 Å². The number of aromatic nitrogens is 4. The van der Waals surface area contributed by atoms with E-state index in [0.29, 0.717) is 23.9 Å². The number of ether oxygens (including phenoxy) is 2. The van der Waals surface area contributed by atoms with Crippen LogP contribution in [-0.4, -0.2) is 52.5 Å². The Morgan fingerprint density at radius 2 is 2.06 bits per heavy atom. The third-order valence-corrected chi connectivity index (χ3v) is 6.77. The molecule has 6 rings (SSSR count). The molecule has 0 saturated heterocycles. The van der Waals surface area contributed by atoms with Crippen LogP contribution in [0.5, 0.6) is 5.88 Å². The summed E-state index contributed by atoms with van der Waals surface area (Å²) >= 11 is 0. The van der Waals surface area contributed by atoms with Gasteiger partial charge < -0.3 is 24.5 Å². The summed E-state index contributed by atoms with van der Waals surface area (Å²) in [5, 5.41) is 5.66. The van der Waals surface area contributed by atoms with Crippen molar-refractivity contribution < 1.29 is 13.9 Å². The molecule has 0 radical (unpaired) electrons. The van der Waals surface area contributed by atoms with Gasteiger partial charge in [-0.2, -0.15) is 0 Å². The van der Waals surface area contributed by atoms with Crippen LogP contribution in [-0.2, 0) is 11.2 Å². The molecule has 0 amide bonds. The number of pyridine rings is 1. The van der Waals surface area contributed by atoms with E-state index < -0.39 is 0 Å². The van der Waals surface area contributed by atoms with Gasteiger partial charge in [-0.3, -0.25) is 0 Å². The molecule has 9 heteroatoms. The molecule has 0 bridgehead atoms. The summed E-state index contributed by atoms with van der Waals surface area (Å²) in [6.45, 7) is 4.26. The minimum Gasteiger partial charge on any atom is -0.471 e. The third kappa shape index (κ3) is 3.86. The summed E-state index contributed by atoms with van der Waals surface area (Å²) in [6, 6.07) is 15.6. The van der Waals surface area contributed by atoms with E-state index in [-0.39, 0.29) is 12.1 Å². The van der Waals surface area contributed by atoms with Crippen LogP contribution in [0.4, 0.5) is 5.82 Å². The molecule has 1 aliphatic rings. The molecule has 184 valence electrons. The molecule has 1 aromatic carbocycles. The molecule has 2 atom stereocenters. The normalized spacial score (nSPS) is 17.1. The number of benzene rings is 1. The quantitative estimate of drug-likeness (QED) is 0.352. The topological polar surface area (TPSA) is 104 Å². The molecule has 4 heterocycles. The summed E-state index contributed by atoms with van der Waals surface area (Å²) in [5.41, 5.74) is 11.0. The maximum absolute atomic E-state index is 6.47. The van der Waals surface area contributed by atoms with Gasteiger partial charge in [0.25, 0.3) is 0 Å².